The van der Waals surface area contributed by atoms with Gasteiger partial charge in [0.05, 0.1) is 11.0 Å². The lowest BCUT2D eigenvalue weighted by Crippen LogP contribution is -2.12. The summed E-state index contributed by atoms with van der Waals surface area (Å²) in [4.78, 5) is 24.9. The molecule has 5 rings (SSSR count). The number of benzene rings is 3. The Morgan fingerprint density at radius 3 is 2.46 bits per heavy atom. The number of anilines is 1. The summed E-state index contributed by atoms with van der Waals surface area (Å²) in [7, 11) is 0. The standard InChI is InChI=1S/C28H27N5O2/c1-18-3-9-21(10-4-18)28-32-27(35-33-28)16-15-26(34)29-22-11-6-20(7-12-22)8-14-25-30-23-13-5-19(2)17-24(23)31-25/h3-7,9-13,17H,8,14-16H2,1-2H3,(H,29,34)(H,30,31). The van der Waals surface area contributed by atoms with Crippen molar-refractivity contribution in [1.29, 1.82) is 0 Å². The van der Waals surface area contributed by atoms with Crippen LogP contribution in [0.15, 0.2) is 71.3 Å². The second kappa shape index (κ2) is 9.93. The van der Waals surface area contributed by atoms with Gasteiger partial charge in [0, 0.05) is 30.5 Å². The van der Waals surface area contributed by atoms with Crippen molar-refractivity contribution < 1.29 is 9.32 Å². The van der Waals surface area contributed by atoms with Gasteiger partial charge in [0.15, 0.2) is 0 Å². The largest absolute Gasteiger partial charge is 0.342 e. The Hall–Kier alpha value is -4.26. The van der Waals surface area contributed by atoms with Crippen LogP contribution in [0.1, 0.15) is 34.8 Å². The van der Waals surface area contributed by atoms with Gasteiger partial charge < -0.3 is 14.8 Å². The number of imidazole rings is 1. The number of aromatic nitrogens is 4. The summed E-state index contributed by atoms with van der Waals surface area (Å²) in [6.45, 7) is 4.11. The van der Waals surface area contributed by atoms with Crippen LogP contribution in [0.2, 0.25) is 0 Å². The monoisotopic (exact) mass is 465 g/mol. The van der Waals surface area contributed by atoms with Crippen molar-refractivity contribution in [2.24, 2.45) is 0 Å². The molecule has 7 nitrogen and oxygen atoms in total. The molecular formula is C28H27N5O2. The van der Waals surface area contributed by atoms with Crippen molar-refractivity contribution in [1.82, 2.24) is 20.1 Å². The van der Waals surface area contributed by atoms with E-state index in [0.29, 0.717) is 18.1 Å². The highest BCUT2D eigenvalue weighted by Crippen LogP contribution is 2.18. The van der Waals surface area contributed by atoms with E-state index in [9.17, 15) is 4.79 Å². The Morgan fingerprint density at radius 1 is 0.886 bits per heavy atom. The minimum absolute atomic E-state index is 0.0922. The molecule has 176 valence electrons. The quantitative estimate of drug-likeness (QED) is 0.312. The first-order valence-electron chi connectivity index (χ1n) is 11.8. The summed E-state index contributed by atoms with van der Waals surface area (Å²) in [5.74, 6) is 1.88. The number of hydrogen-bond acceptors (Lipinski definition) is 5. The fraction of sp³-hybridized carbons (Fsp3) is 0.214. The maximum Gasteiger partial charge on any atom is 0.227 e. The van der Waals surface area contributed by atoms with Crippen LogP contribution in [-0.2, 0) is 24.1 Å². The number of carbonyl (C=O) groups is 1. The molecule has 35 heavy (non-hydrogen) atoms. The molecule has 0 spiro atoms. The number of carbonyl (C=O) groups excluding carboxylic acids is 1. The van der Waals surface area contributed by atoms with E-state index in [2.05, 4.69) is 44.5 Å². The molecule has 0 unspecified atom stereocenters. The molecule has 0 saturated heterocycles. The van der Waals surface area contributed by atoms with Crippen molar-refractivity contribution in [2.45, 2.75) is 39.5 Å². The summed E-state index contributed by atoms with van der Waals surface area (Å²) in [6.07, 6.45) is 2.35. The molecule has 2 N–H and O–H groups in total. The predicted octanol–water partition coefficient (Wildman–Crippen LogP) is 5.59. The zero-order chi connectivity index (χ0) is 24.2. The van der Waals surface area contributed by atoms with Crippen LogP contribution in [-0.4, -0.2) is 26.0 Å². The molecule has 7 heteroatoms. The second-order valence-corrected chi connectivity index (χ2v) is 8.83. The topological polar surface area (TPSA) is 96.7 Å². The van der Waals surface area contributed by atoms with Crippen LogP contribution < -0.4 is 5.32 Å². The van der Waals surface area contributed by atoms with Gasteiger partial charge in [-0.2, -0.15) is 4.98 Å². The van der Waals surface area contributed by atoms with Gasteiger partial charge in [-0.1, -0.05) is 53.2 Å². The molecule has 1 amide bonds. The average molecular weight is 466 g/mol. The molecule has 5 aromatic rings. The Bertz CT molecular complexity index is 1450. The minimum Gasteiger partial charge on any atom is -0.342 e. The molecule has 2 heterocycles. The number of fused-ring (bicyclic) bond motifs is 1. The van der Waals surface area contributed by atoms with Crippen LogP contribution >= 0.6 is 0 Å². The smallest absolute Gasteiger partial charge is 0.227 e. The van der Waals surface area contributed by atoms with E-state index >= 15 is 0 Å². The first-order valence-corrected chi connectivity index (χ1v) is 11.8. The van der Waals surface area contributed by atoms with E-state index in [1.807, 2.05) is 61.5 Å². The van der Waals surface area contributed by atoms with Crippen LogP contribution in [0, 0.1) is 13.8 Å². The Labute approximate surface area is 203 Å². The van der Waals surface area contributed by atoms with Crippen molar-refractivity contribution in [3.8, 4) is 11.4 Å². The Balaban J connectivity index is 1.10. The van der Waals surface area contributed by atoms with E-state index in [0.717, 1.165) is 41.0 Å². The lowest BCUT2D eigenvalue weighted by Gasteiger charge is -2.06. The zero-order valence-corrected chi connectivity index (χ0v) is 19.8. The highest BCUT2D eigenvalue weighted by Gasteiger charge is 2.11. The number of hydrogen-bond donors (Lipinski definition) is 2. The summed E-state index contributed by atoms with van der Waals surface area (Å²) in [5, 5.41) is 6.95. The molecular weight excluding hydrogens is 438 g/mol. The molecule has 0 fully saturated rings. The zero-order valence-electron chi connectivity index (χ0n) is 19.8. The van der Waals surface area contributed by atoms with Gasteiger partial charge >= 0.3 is 0 Å². The SMILES string of the molecule is Cc1ccc(-c2noc(CCC(=O)Nc3ccc(CCc4nc5ccc(C)cc5[nH]4)cc3)n2)cc1. The minimum atomic E-state index is -0.0922. The van der Waals surface area contributed by atoms with Gasteiger partial charge in [-0.25, -0.2) is 4.98 Å². The van der Waals surface area contributed by atoms with Gasteiger partial charge in [0.2, 0.25) is 17.6 Å². The van der Waals surface area contributed by atoms with Crippen molar-refractivity contribution >= 4 is 22.6 Å². The lowest BCUT2D eigenvalue weighted by molar-refractivity contribution is -0.116. The van der Waals surface area contributed by atoms with E-state index < -0.39 is 0 Å². The molecule has 0 aliphatic heterocycles. The fourth-order valence-electron chi connectivity index (χ4n) is 3.93. The second-order valence-electron chi connectivity index (χ2n) is 8.83. The summed E-state index contributed by atoms with van der Waals surface area (Å²) >= 11 is 0. The number of rotatable bonds is 8. The van der Waals surface area contributed by atoms with E-state index in [1.165, 1.54) is 16.7 Å². The van der Waals surface area contributed by atoms with E-state index in [1.54, 1.807) is 0 Å². The van der Waals surface area contributed by atoms with Crippen molar-refractivity contribution in [3.63, 3.8) is 0 Å². The molecule has 0 aliphatic carbocycles. The maximum atomic E-state index is 12.4. The summed E-state index contributed by atoms with van der Waals surface area (Å²) in [6, 6.07) is 22.1. The number of aryl methyl sites for hydroxylation is 5. The first kappa shape index (κ1) is 22.5. The van der Waals surface area contributed by atoms with Gasteiger partial charge in [0.1, 0.15) is 5.82 Å². The third kappa shape index (κ3) is 5.63. The molecule has 2 aromatic heterocycles. The third-order valence-electron chi connectivity index (χ3n) is 5.92. The highest BCUT2D eigenvalue weighted by molar-refractivity contribution is 5.90. The lowest BCUT2D eigenvalue weighted by atomic mass is 10.1. The van der Waals surface area contributed by atoms with Gasteiger partial charge in [0.25, 0.3) is 0 Å². The average Bonchev–Trinajstić information content (AvgIpc) is 3.49. The van der Waals surface area contributed by atoms with Crippen LogP contribution in [0.25, 0.3) is 22.4 Å². The molecule has 0 bridgehead atoms. The fourth-order valence-corrected chi connectivity index (χ4v) is 3.93. The van der Waals surface area contributed by atoms with Crippen molar-refractivity contribution in [3.05, 3.63) is 95.1 Å². The first-order chi connectivity index (χ1) is 17.0. The predicted molar refractivity (Wildman–Crippen MR) is 136 cm³/mol. The number of nitrogens with zero attached hydrogens (tertiary/aromatic N) is 3. The molecule has 0 atom stereocenters. The highest BCUT2D eigenvalue weighted by atomic mass is 16.5. The number of H-pyrrole nitrogens is 1. The molecule has 0 saturated carbocycles. The third-order valence-corrected chi connectivity index (χ3v) is 5.92. The number of nitrogens with one attached hydrogen (secondary N) is 2. The number of amides is 1. The number of aromatic amines is 1. The normalized spacial score (nSPS) is 11.1. The summed E-state index contributed by atoms with van der Waals surface area (Å²) < 4.78 is 5.31. The maximum absolute atomic E-state index is 12.4. The van der Waals surface area contributed by atoms with Crippen LogP contribution in [0.5, 0.6) is 0 Å². The van der Waals surface area contributed by atoms with E-state index in [-0.39, 0.29) is 12.3 Å². The van der Waals surface area contributed by atoms with Gasteiger partial charge in [-0.3, -0.25) is 4.79 Å². The van der Waals surface area contributed by atoms with Crippen LogP contribution in [0.3, 0.4) is 0 Å². The molecule has 0 aliphatic rings. The molecule has 3 aromatic carbocycles. The Kier molecular flexibility index (Phi) is 6.39. The summed E-state index contributed by atoms with van der Waals surface area (Å²) in [5.41, 5.74) is 7.31. The van der Waals surface area contributed by atoms with E-state index in [4.69, 9.17) is 4.52 Å². The Morgan fingerprint density at radius 2 is 1.66 bits per heavy atom. The molecule has 0 radical (unpaired) electrons. The van der Waals surface area contributed by atoms with Gasteiger partial charge in [-0.15, -0.1) is 0 Å². The van der Waals surface area contributed by atoms with Gasteiger partial charge in [-0.05, 0) is 55.7 Å². The van der Waals surface area contributed by atoms with Crippen molar-refractivity contribution in [2.75, 3.05) is 5.32 Å². The van der Waals surface area contributed by atoms with Crippen LogP contribution in [0.4, 0.5) is 5.69 Å².